The Morgan fingerprint density at radius 1 is 1.78 bits per heavy atom. The monoisotopic (exact) mass is 240 g/mol. The maximum atomic E-state index is 9.38. The van der Waals surface area contributed by atoms with E-state index in [0.717, 1.165) is 18.5 Å². The number of nitrogens with one attached hydrogen (secondary N) is 1. The summed E-state index contributed by atoms with van der Waals surface area (Å²) in [5.74, 6) is 0. The summed E-state index contributed by atoms with van der Waals surface area (Å²) < 4.78 is 3.11. The van der Waals surface area contributed by atoms with Crippen LogP contribution in [0, 0.1) is 0 Å². The summed E-state index contributed by atoms with van der Waals surface area (Å²) in [5.41, 5.74) is 0.313. The predicted molar refractivity (Wildman–Crippen MR) is 32.4 cm³/mol. The molecule has 1 fully saturated rings. The van der Waals surface area contributed by atoms with Gasteiger partial charge < -0.3 is 0 Å². The molecule has 0 atom stereocenters. The molecule has 0 aromatic heterocycles. The number of aliphatic hydroxyl groups is 1. The molecule has 2 N–H and O–H groups in total. The standard InChI is InChI=1S/C6H11INO/c1-5(8-7-2)6(9)3-4-6/h8-9H,1,3-4H2,2H3/q-1. The van der Waals surface area contributed by atoms with Gasteiger partial charge in [-0.3, -0.25) is 0 Å². The van der Waals surface area contributed by atoms with Gasteiger partial charge in [0.25, 0.3) is 0 Å². The van der Waals surface area contributed by atoms with Gasteiger partial charge in [0, 0.05) is 0 Å². The first-order chi connectivity index (χ1) is 4.19. The molecule has 0 bridgehead atoms. The molecule has 0 spiro atoms. The molecule has 1 aliphatic carbocycles. The molecule has 0 saturated heterocycles. The minimum atomic E-state index is -0.518. The molecular formula is C6H11INO-. The molecule has 0 radical (unpaired) electrons. The summed E-state index contributed by atoms with van der Waals surface area (Å²) >= 11 is 0.0317. The topological polar surface area (TPSA) is 32.3 Å². The molecule has 1 saturated carbocycles. The van der Waals surface area contributed by atoms with Crippen LogP contribution >= 0.6 is 0 Å². The molecule has 54 valence electrons. The van der Waals surface area contributed by atoms with Crippen molar-refractivity contribution in [3.05, 3.63) is 12.3 Å². The Morgan fingerprint density at radius 3 is 2.67 bits per heavy atom. The first kappa shape index (κ1) is 7.34. The van der Waals surface area contributed by atoms with Crippen LogP contribution in [0.4, 0.5) is 0 Å². The van der Waals surface area contributed by atoms with E-state index in [2.05, 4.69) is 15.0 Å². The molecule has 0 aliphatic heterocycles. The van der Waals surface area contributed by atoms with E-state index in [1.165, 1.54) is 0 Å². The van der Waals surface area contributed by atoms with Crippen LogP contribution in [0.1, 0.15) is 12.8 Å². The summed E-state index contributed by atoms with van der Waals surface area (Å²) in [6, 6.07) is 0. The predicted octanol–water partition coefficient (Wildman–Crippen LogP) is -2.75. The van der Waals surface area contributed by atoms with Crippen molar-refractivity contribution in [3.63, 3.8) is 0 Å². The summed E-state index contributed by atoms with van der Waals surface area (Å²) in [6.45, 7) is 3.74. The molecule has 0 amide bonds. The zero-order valence-electron chi connectivity index (χ0n) is 5.45. The van der Waals surface area contributed by atoms with Crippen molar-refractivity contribution < 1.29 is 26.6 Å². The van der Waals surface area contributed by atoms with Crippen LogP contribution in [0.3, 0.4) is 0 Å². The van der Waals surface area contributed by atoms with Crippen molar-refractivity contribution in [1.29, 1.82) is 0 Å². The molecule has 9 heavy (non-hydrogen) atoms. The van der Waals surface area contributed by atoms with Gasteiger partial charge in [-0.05, 0) is 0 Å². The van der Waals surface area contributed by atoms with E-state index in [4.69, 9.17) is 0 Å². The van der Waals surface area contributed by atoms with Crippen molar-refractivity contribution in [2.75, 3.05) is 4.93 Å². The molecule has 2 nitrogen and oxygen atoms in total. The molecule has 0 aromatic rings. The van der Waals surface area contributed by atoms with Crippen LogP contribution < -0.4 is 25.0 Å². The van der Waals surface area contributed by atoms with Crippen molar-refractivity contribution in [3.8, 4) is 0 Å². The number of hydrogen-bond acceptors (Lipinski definition) is 2. The first-order valence-electron chi connectivity index (χ1n) is 2.85. The quantitative estimate of drug-likeness (QED) is 0.318. The Bertz CT molecular complexity index is 131. The average Bonchev–Trinajstić information content (AvgIpc) is 2.50. The number of hydrogen-bond donors (Lipinski definition) is 2. The van der Waals surface area contributed by atoms with Crippen molar-refractivity contribution >= 4 is 0 Å². The van der Waals surface area contributed by atoms with E-state index < -0.39 is 5.60 Å². The van der Waals surface area contributed by atoms with Gasteiger partial charge in [0.1, 0.15) is 0 Å². The van der Waals surface area contributed by atoms with Crippen LogP contribution in [0.2, 0.25) is 0 Å². The zero-order chi connectivity index (χ0) is 6.91. The summed E-state index contributed by atoms with van der Waals surface area (Å²) in [5, 5.41) is 9.38. The fourth-order valence-electron chi connectivity index (χ4n) is 0.622. The fraction of sp³-hybridized carbons (Fsp3) is 0.667. The van der Waals surface area contributed by atoms with Gasteiger partial charge in [0.05, 0.1) is 0 Å². The SMILES string of the molecule is C=C(N[I-]C)C1(O)CC1. The van der Waals surface area contributed by atoms with Gasteiger partial charge in [-0.2, -0.15) is 0 Å². The van der Waals surface area contributed by atoms with E-state index in [1.54, 1.807) is 0 Å². The Kier molecular flexibility index (Phi) is 2.00. The van der Waals surface area contributed by atoms with Gasteiger partial charge >= 0.3 is 65.8 Å². The second-order valence-corrected chi connectivity index (χ2v) is 3.91. The number of rotatable bonds is 3. The normalized spacial score (nSPS) is 21.6. The van der Waals surface area contributed by atoms with Gasteiger partial charge in [0.15, 0.2) is 0 Å². The van der Waals surface area contributed by atoms with E-state index in [0.29, 0.717) is 0 Å². The molecule has 3 heteroatoms. The van der Waals surface area contributed by atoms with Crippen LogP contribution in [0.15, 0.2) is 12.3 Å². The molecule has 1 rings (SSSR count). The molecule has 1 aliphatic rings. The maximum absolute atomic E-state index is 9.38. The van der Waals surface area contributed by atoms with Crippen LogP contribution in [0.25, 0.3) is 0 Å². The third-order valence-electron chi connectivity index (χ3n) is 1.49. The van der Waals surface area contributed by atoms with E-state index in [9.17, 15) is 5.11 Å². The van der Waals surface area contributed by atoms with Crippen LogP contribution in [0.5, 0.6) is 0 Å². The van der Waals surface area contributed by atoms with E-state index in [1.807, 2.05) is 0 Å². The molecular weight excluding hydrogens is 229 g/mol. The van der Waals surface area contributed by atoms with Gasteiger partial charge in [0.2, 0.25) is 0 Å². The number of halogens is 1. The fourth-order valence-corrected chi connectivity index (χ4v) is 1.78. The second kappa shape index (κ2) is 2.46. The van der Waals surface area contributed by atoms with Crippen molar-refractivity contribution in [2.45, 2.75) is 18.4 Å². The van der Waals surface area contributed by atoms with Crippen molar-refractivity contribution in [1.82, 2.24) is 3.53 Å². The minimum absolute atomic E-state index is 0.0317. The summed E-state index contributed by atoms with van der Waals surface area (Å²) in [7, 11) is 0. The Hall–Kier alpha value is 0.230. The zero-order valence-corrected chi connectivity index (χ0v) is 7.60. The Balaban J connectivity index is 2.34. The van der Waals surface area contributed by atoms with Crippen molar-refractivity contribution in [2.24, 2.45) is 0 Å². The average molecular weight is 240 g/mol. The van der Waals surface area contributed by atoms with Crippen LogP contribution in [-0.4, -0.2) is 15.6 Å². The molecule has 0 heterocycles. The van der Waals surface area contributed by atoms with E-state index in [-0.39, 0.29) is 21.5 Å². The third kappa shape index (κ3) is 1.58. The Labute approximate surface area is 66.0 Å². The second-order valence-electron chi connectivity index (χ2n) is 2.29. The van der Waals surface area contributed by atoms with Crippen LogP contribution in [-0.2, 0) is 0 Å². The van der Waals surface area contributed by atoms with Gasteiger partial charge in [-0.25, -0.2) is 0 Å². The van der Waals surface area contributed by atoms with Gasteiger partial charge in [-0.15, -0.1) is 0 Å². The summed E-state index contributed by atoms with van der Waals surface area (Å²) in [4.78, 5) is 2.11. The number of alkyl halides is 1. The molecule has 0 unspecified atom stereocenters. The summed E-state index contributed by atoms with van der Waals surface area (Å²) in [6.07, 6.45) is 1.78. The van der Waals surface area contributed by atoms with E-state index >= 15 is 0 Å². The van der Waals surface area contributed by atoms with Gasteiger partial charge in [-0.1, -0.05) is 0 Å². The molecule has 0 aromatic carbocycles. The Morgan fingerprint density at radius 2 is 2.33 bits per heavy atom. The third-order valence-corrected chi connectivity index (χ3v) is 2.68. The first-order valence-corrected chi connectivity index (χ1v) is 6.09.